The number of furan rings is 1. The van der Waals surface area contributed by atoms with Crippen molar-refractivity contribution in [3.63, 3.8) is 0 Å². The van der Waals surface area contributed by atoms with Gasteiger partial charge in [-0.3, -0.25) is 4.79 Å². The average Bonchev–Trinajstić information content (AvgIpc) is 2.73. The van der Waals surface area contributed by atoms with Crippen molar-refractivity contribution in [3.8, 4) is 0 Å². The molecule has 0 saturated heterocycles. The summed E-state index contributed by atoms with van der Waals surface area (Å²) < 4.78 is 9.66. The largest absolute Gasteiger partial charge is 0.463 e. The predicted molar refractivity (Wildman–Crippen MR) is 67.4 cm³/mol. The fraction of sp³-hybridized carbons (Fsp3) is 0.455. The average molecular weight is 277 g/mol. The molecule has 7 heteroatoms. The molecule has 0 aliphatic rings. The van der Waals surface area contributed by atoms with Crippen molar-refractivity contribution in [1.29, 1.82) is 0 Å². The van der Waals surface area contributed by atoms with Crippen LogP contribution in [0.4, 0.5) is 0 Å². The lowest BCUT2D eigenvalue weighted by atomic mass is 10.2. The van der Waals surface area contributed by atoms with Crippen LogP contribution < -0.4 is 11.1 Å². The number of nitrogens with one attached hydrogen (secondary N) is 1. The third-order valence-electron chi connectivity index (χ3n) is 2.02. The van der Waals surface area contributed by atoms with Crippen molar-refractivity contribution < 1.29 is 18.7 Å². The summed E-state index contributed by atoms with van der Waals surface area (Å²) in [5, 5.41) is 2.64. The highest BCUT2D eigenvalue weighted by Gasteiger charge is 2.11. The van der Waals surface area contributed by atoms with Gasteiger partial charge >= 0.3 is 5.97 Å². The van der Waals surface area contributed by atoms with E-state index in [0.717, 1.165) is 0 Å². The van der Waals surface area contributed by atoms with Crippen LogP contribution in [0, 0.1) is 0 Å². The Morgan fingerprint density at radius 3 is 2.72 bits per heavy atom. The minimum atomic E-state index is -0.543. The van der Waals surface area contributed by atoms with Gasteiger partial charge in [0, 0.05) is 12.5 Å². The van der Waals surface area contributed by atoms with Crippen LogP contribution in [0.1, 0.15) is 29.7 Å². The molecule has 1 aromatic rings. The number of amides is 1. The van der Waals surface area contributed by atoms with Crippen molar-refractivity contribution in [2.24, 2.45) is 5.73 Å². The predicted octanol–water partition coefficient (Wildman–Crippen LogP) is 0.841. The second-order valence-electron chi connectivity index (χ2n) is 3.72. The van der Waals surface area contributed by atoms with Crippen LogP contribution >= 0.6 is 12.4 Å². The van der Waals surface area contributed by atoms with Gasteiger partial charge in [0.1, 0.15) is 5.76 Å². The minimum absolute atomic E-state index is 0. The lowest BCUT2D eigenvalue weighted by Gasteiger charge is -2.05. The summed E-state index contributed by atoms with van der Waals surface area (Å²) in [6.07, 6.45) is 0.255. The monoisotopic (exact) mass is 276 g/mol. The number of esters is 1. The molecule has 0 saturated carbocycles. The van der Waals surface area contributed by atoms with Gasteiger partial charge in [0.2, 0.25) is 11.7 Å². The summed E-state index contributed by atoms with van der Waals surface area (Å²) in [6, 6.07) is 2.93. The first-order valence-electron chi connectivity index (χ1n) is 5.22. The van der Waals surface area contributed by atoms with Gasteiger partial charge in [0.25, 0.3) is 0 Å². The molecule has 0 aliphatic heterocycles. The van der Waals surface area contributed by atoms with Gasteiger partial charge in [0.05, 0.1) is 13.7 Å². The fourth-order valence-corrected chi connectivity index (χ4v) is 1.23. The van der Waals surface area contributed by atoms with Crippen molar-refractivity contribution >= 4 is 24.3 Å². The Morgan fingerprint density at radius 2 is 2.17 bits per heavy atom. The number of hydrogen-bond donors (Lipinski definition) is 2. The number of methoxy groups -OCH3 is 1. The van der Waals surface area contributed by atoms with E-state index in [0.29, 0.717) is 5.76 Å². The van der Waals surface area contributed by atoms with E-state index in [1.807, 2.05) is 0 Å². The highest BCUT2D eigenvalue weighted by atomic mass is 35.5. The van der Waals surface area contributed by atoms with Gasteiger partial charge in [0.15, 0.2) is 0 Å². The zero-order valence-electron chi connectivity index (χ0n) is 10.3. The topological polar surface area (TPSA) is 94.6 Å². The lowest BCUT2D eigenvalue weighted by Crippen LogP contribution is -2.29. The Kier molecular flexibility index (Phi) is 7.07. The summed E-state index contributed by atoms with van der Waals surface area (Å²) in [6.45, 7) is 1.98. The molecule has 0 fully saturated rings. The SMILES string of the molecule is COC(=O)c1ccc(CNC(=O)CC(C)N)o1.Cl. The van der Waals surface area contributed by atoms with E-state index in [1.165, 1.54) is 13.2 Å². The van der Waals surface area contributed by atoms with Crippen LogP contribution in [-0.4, -0.2) is 25.0 Å². The van der Waals surface area contributed by atoms with E-state index in [-0.39, 0.29) is 43.1 Å². The third kappa shape index (κ3) is 5.20. The van der Waals surface area contributed by atoms with Crippen LogP contribution in [0.3, 0.4) is 0 Å². The third-order valence-corrected chi connectivity index (χ3v) is 2.02. The number of carbonyl (C=O) groups excluding carboxylic acids is 2. The molecule has 1 aromatic heterocycles. The summed E-state index contributed by atoms with van der Waals surface area (Å²) in [7, 11) is 1.27. The maximum atomic E-state index is 11.3. The Labute approximate surface area is 111 Å². The van der Waals surface area contributed by atoms with Gasteiger partial charge < -0.3 is 20.2 Å². The van der Waals surface area contributed by atoms with E-state index >= 15 is 0 Å². The second kappa shape index (κ2) is 7.73. The first-order valence-corrected chi connectivity index (χ1v) is 5.22. The number of ether oxygens (including phenoxy) is 1. The molecule has 1 amide bonds. The molecule has 0 radical (unpaired) electrons. The van der Waals surface area contributed by atoms with Gasteiger partial charge in [-0.05, 0) is 19.1 Å². The van der Waals surface area contributed by atoms with E-state index in [9.17, 15) is 9.59 Å². The van der Waals surface area contributed by atoms with E-state index in [1.54, 1.807) is 13.0 Å². The molecule has 1 unspecified atom stereocenters. The van der Waals surface area contributed by atoms with Crippen molar-refractivity contribution in [3.05, 3.63) is 23.7 Å². The Hall–Kier alpha value is -1.53. The molecule has 0 aliphatic carbocycles. The maximum absolute atomic E-state index is 11.3. The number of rotatable bonds is 5. The number of halogens is 1. The number of carbonyl (C=O) groups is 2. The molecular formula is C11H17ClN2O4. The number of nitrogens with two attached hydrogens (primary N) is 1. The summed E-state index contributed by atoms with van der Waals surface area (Å²) in [5.41, 5.74) is 5.48. The molecule has 102 valence electrons. The van der Waals surface area contributed by atoms with Crippen LogP contribution in [0.15, 0.2) is 16.5 Å². The molecule has 0 bridgehead atoms. The maximum Gasteiger partial charge on any atom is 0.373 e. The molecule has 0 aromatic carbocycles. The first kappa shape index (κ1) is 16.5. The summed E-state index contributed by atoms with van der Waals surface area (Å²) in [5.74, 6) is -0.0958. The van der Waals surface area contributed by atoms with Gasteiger partial charge in [-0.25, -0.2) is 4.79 Å². The van der Waals surface area contributed by atoms with Crippen molar-refractivity contribution in [1.82, 2.24) is 5.32 Å². The van der Waals surface area contributed by atoms with E-state index in [2.05, 4.69) is 10.1 Å². The highest BCUT2D eigenvalue weighted by molar-refractivity contribution is 5.86. The molecule has 1 heterocycles. The highest BCUT2D eigenvalue weighted by Crippen LogP contribution is 2.08. The minimum Gasteiger partial charge on any atom is -0.463 e. The smallest absolute Gasteiger partial charge is 0.373 e. The van der Waals surface area contributed by atoms with Crippen molar-refractivity contribution in [2.75, 3.05) is 7.11 Å². The Balaban J connectivity index is 0.00000289. The van der Waals surface area contributed by atoms with Gasteiger partial charge in [-0.2, -0.15) is 0 Å². The molecule has 0 spiro atoms. The fourth-order valence-electron chi connectivity index (χ4n) is 1.23. The molecular weight excluding hydrogens is 260 g/mol. The normalized spacial score (nSPS) is 11.3. The molecule has 1 atom stereocenters. The zero-order chi connectivity index (χ0) is 12.8. The second-order valence-corrected chi connectivity index (χ2v) is 3.72. The first-order chi connectivity index (χ1) is 8.02. The molecule has 1 rings (SSSR count). The van der Waals surface area contributed by atoms with E-state index in [4.69, 9.17) is 10.2 Å². The zero-order valence-corrected chi connectivity index (χ0v) is 11.1. The van der Waals surface area contributed by atoms with Gasteiger partial charge in [-0.15, -0.1) is 12.4 Å². The molecule has 18 heavy (non-hydrogen) atoms. The van der Waals surface area contributed by atoms with Crippen LogP contribution in [0.25, 0.3) is 0 Å². The van der Waals surface area contributed by atoms with Crippen molar-refractivity contribution in [2.45, 2.75) is 25.9 Å². The van der Waals surface area contributed by atoms with Gasteiger partial charge in [-0.1, -0.05) is 0 Å². The molecule has 6 nitrogen and oxygen atoms in total. The van der Waals surface area contributed by atoms with Crippen LogP contribution in [0.5, 0.6) is 0 Å². The van der Waals surface area contributed by atoms with E-state index < -0.39 is 5.97 Å². The summed E-state index contributed by atoms with van der Waals surface area (Å²) in [4.78, 5) is 22.4. The quantitative estimate of drug-likeness (QED) is 0.777. The van der Waals surface area contributed by atoms with Crippen LogP contribution in [-0.2, 0) is 16.1 Å². The summed E-state index contributed by atoms with van der Waals surface area (Å²) >= 11 is 0. The Bertz CT molecular complexity index is 404. The lowest BCUT2D eigenvalue weighted by molar-refractivity contribution is -0.121. The Morgan fingerprint density at radius 1 is 1.50 bits per heavy atom. The number of hydrogen-bond acceptors (Lipinski definition) is 5. The standard InChI is InChI=1S/C11H16N2O4.ClH/c1-7(12)5-10(14)13-6-8-3-4-9(17-8)11(15)16-2;/h3-4,7H,5-6,12H2,1-2H3,(H,13,14);1H. The van der Waals surface area contributed by atoms with Crippen LogP contribution in [0.2, 0.25) is 0 Å². The molecule has 3 N–H and O–H groups in total.